The minimum Gasteiger partial charge on any atom is -0.377 e. The molecule has 2 heteroatoms. The maximum atomic E-state index is 13.2. The van der Waals surface area contributed by atoms with E-state index in [0.29, 0.717) is 11.8 Å². The Morgan fingerprint density at radius 2 is 1.86 bits per heavy atom. The van der Waals surface area contributed by atoms with Gasteiger partial charge in [0.15, 0.2) is 0 Å². The summed E-state index contributed by atoms with van der Waals surface area (Å²) in [5.41, 5.74) is 6.45. The van der Waals surface area contributed by atoms with Crippen LogP contribution >= 0.6 is 0 Å². The number of benzene rings is 2. The Hall–Kier alpha value is -2.09. The summed E-state index contributed by atoms with van der Waals surface area (Å²) in [6, 6.07) is 11.7. The van der Waals surface area contributed by atoms with E-state index >= 15 is 0 Å². The molecule has 0 unspecified atom stereocenters. The van der Waals surface area contributed by atoms with Crippen LogP contribution in [0.15, 0.2) is 48.6 Å². The normalized spacial score (nSPS) is 25.5. The fraction of sp³-hybridized carbons (Fsp3) is 0.300. The lowest BCUT2D eigenvalue weighted by Gasteiger charge is -2.38. The molecule has 1 heterocycles. The SMILES string of the molecule is Cc1cc(C)c2c(c1)[C@@H]1C=CC[C@H]1[C@H](c1ccc(F)cc1)N2. The fourth-order valence-corrected chi connectivity index (χ4v) is 4.07. The van der Waals surface area contributed by atoms with Crippen LogP contribution in [0.1, 0.15) is 40.6 Å². The molecule has 1 aliphatic carbocycles. The Morgan fingerprint density at radius 3 is 2.64 bits per heavy atom. The van der Waals surface area contributed by atoms with Crippen LogP contribution in [0.5, 0.6) is 0 Å². The summed E-state index contributed by atoms with van der Waals surface area (Å²) < 4.78 is 13.2. The van der Waals surface area contributed by atoms with Crippen molar-refractivity contribution < 1.29 is 4.39 Å². The van der Waals surface area contributed by atoms with E-state index in [2.05, 4.69) is 43.4 Å². The zero-order chi connectivity index (χ0) is 15.3. The molecule has 2 aromatic carbocycles. The average molecular weight is 293 g/mol. The first-order valence-electron chi connectivity index (χ1n) is 7.93. The highest BCUT2D eigenvalue weighted by Crippen LogP contribution is 2.50. The second-order valence-electron chi connectivity index (χ2n) is 6.57. The molecule has 2 aromatic rings. The monoisotopic (exact) mass is 293 g/mol. The minimum absolute atomic E-state index is 0.173. The van der Waals surface area contributed by atoms with Crippen molar-refractivity contribution in [3.63, 3.8) is 0 Å². The highest BCUT2D eigenvalue weighted by atomic mass is 19.1. The highest BCUT2D eigenvalue weighted by Gasteiger charge is 2.38. The Kier molecular flexibility index (Phi) is 3.07. The van der Waals surface area contributed by atoms with E-state index in [1.807, 2.05) is 12.1 Å². The average Bonchev–Trinajstić information content (AvgIpc) is 2.97. The van der Waals surface area contributed by atoms with Crippen LogP contribution in [0.3, 0.4) is 0 Å². The first-order valence-corrected chi connectivity index (χ1v) is 7.93. The van der Waals surface area contributed by atoms with Crippen LogP contribution in [-0.4, -0.2) is 0 Å². The number of halogens is 1. The minimum atomic E-state index is -0.173. The largest absolute Gasteiger partial charge is 0.377 e. The second-order valence-corrected chi connectivity index (χ2v) is 6.57. The van der Waals surface area contributed by atoms with Crippen molar-refractivity contribution >= 4 is 5.69 Å². The van der Waals surface area contributed by atoms with E-state index in [-0.39, 0.29) is 11.9 Å². The maximum absolute atomic E-state index is 13.2. The number of hydrogen-bond donors (Lipinski definition) is 1. The first kappa shape index (κ1) is 13.6. The van der Waals surface area contributed by atoms with Crippen LogP contribution in [-0.2, 0) is 0 Å². The van der Waals surface area contributed by atoms with Gasteiger partial charge in [-0.15, -0.1) is 0 Å². The van der Waals surface area contributed by atoms with Gasteiger partial charge in [0.1, 0.15) is 5.82 Å². The van der Waals surface area contributed by atoms with E-state index in [1.165, 1.54) is 27.9 Å². The third-order valence-corrected chi connectivity index (χ3v) is 5.04. The molecular weight excluding hydrogens is 273 g/mol. The zero-order valence-corrected chi connectivity index (χ0v) is 12.9. The number of rotatable bonds is 1. The second kappa shape index (κ2) is 4.98. The van der Waals surface area contributed by atoms with Crippen molar-refractivity contribution in [3.8, 4) is 0 Å². The number of hydrogen-bond acceptors (Lipinski definition) is 1. The molecule has 0 amide bonds. The molecule has 1 N–H and O–H groups in total. The standard InChI is InChI=1S/C20H20FN/c1-12-10-13(2)19-18(11-12)16-4-3-5-17(16)20(22-19)14-6-8-15(21)9-7-14/h3-4,6-11,16-17,20,22H,5H2,1-2H3/t16-,17-,20+/m1/s1. The Balaban J connectivity index is 1.82. The molecule has 0 saturated heterocycles. The van der Waals surface area contributed by atoms with E-state index in [9.17, 15) is 4.39 Å². The smallest absolute Gasteiger partial charge is 0.123 e. The van der Waals surface area contributed by atoms with E-state index < -0.39 is 0 Å². The van der Waals surface area contributed by atoms with Crippen molar-refractivity contribution in [1.29, 1.82) is 0 Å². The third kappa shape index (κ3) is 2.06. The molecule has 0 spiro atoms. The van der Waals surface area contributed by atoms with Gasteiger partial charge >= 0.3 is 0 Å². The predicted molar refractivity (Wildman–Crippen MR) is 88.7 cm³/mol. The molecule has 112 valence electrons. The molecular formula is C20H20FN. The van der Waals surface area contributed by atoms with Gasteiger partial charge in [0, 0.05) is 11.6 Å². The predicted octanol–water partition coefficient (Wildman–Crippen LogP) is 5.27. The first-order chi connectivity index (χ1) is 10.6. The summed E-state index contributed by atoms with van der Waals surface area (Å²) >= 11 is 0. The number of allylic oxidation sites excluding steroid dienone is 2. The van der Waals surface area contributed by atoms with Crippen LogP contribution in [0.25, 0.3) is 0 Å². The molecule has 3 atom stereocenters. The van der Waals surface area contributed by atoms with Gasteiger partial charge in [0.05, 0.1) is 6.04 Å². The lowest BCUT2D eigenvalue weighted by Crippen LogP contribution is -2.29. The molecule has 0 fully saturated rings. The molecule has 0 radical (unpaired) electrons. The van der Waals surface area contributed by atoms with Crippen molar-refractivity contribution in [1.82, 2.24) is 0 Å². The number of fused-ring (bicyclic) bond motifs is 3. The highest BCUT2D eigenvalue weighted by molar-refractivity contribution is 5.65. The molecule has 2 aliphatic rings. The maximum Gasteiger partial charge on any atom is 0.123 e. The summed E-state index contributed by atoms with van der Waals surface area (Å²) in [6.45, 7) is 4.33. The Morgan fingerprint density at radius 1 is 1.09 bits per heavy atom. The van der Waals surface area contributed by atoms with Crippen LogP contribution in [0, 0.1) is 25.6 Å². The third-order valence-electron chi connectivity index (χ3n) is 5.04. The van der Waals surface area contributed by atoms with Gasteiger partial charge in [0.25, 0.3) is 0 Å². The summed E-state index contributed by atoms with van der Waals surface area (Å²) in [7, 11) is 0. The van der Waals surface area contributed by atoms with E-state index in [1.54, 1.807) is 12.1 Å². The quantitative estimate of drug-likeness (QED) is 0.706. The Labute approximate surface area is 130 Å². The molecule has 0 bridgehead atoms. The van der Waals surface area contributed by atoms with Crippen molar-refractivity contribution in [2.75, 3.05) is 5.32 Å². The van der Waals surface area contributed by atoms with Gasteiger partial charge in [-0.25, -0.2) is 4.39 Å². The number of anilines is 1. The molecule has 0 saturated carbocycles. The van der Waals surface area contributed by atoms with E-state index in [0.717, 1.165) is 6.42 Å². The molecule has 1 nitrogen and oxygen atoms in total. The van der Waals surface area contributed by atoms with Crippen molar-refractivity contribution in [3.05, 3.63) is 76.6 Å². The lowest BCUT2D eigenvalue weighted by atomic mass is 9.76. The van der Waals surface area contributed by atoms with Crippen molar-refractivity contribution in [2.45, 2.75) is 32.2 Å². The van der Waals surface area contributed by atoms with Crippen LogP contribution in [0.2, 0.25) is 0 Å². The Bertz CT molecular complexity index is 745. The van der Waals surface area contributed by atoms with Gasteiger partial charge in [-0.2, -0.15) is 0 Å². The van der Waals surface area contributed by atoms with Crippen molar-refractivity contribution in [2.24, 2.45) is 5.92 Å². The van der Waals surface area contributed by atoms with Gasteiger partial charge in [-0.3, -0.25) is 0 Å². The molecule has 1 aliphatic heterocycles. The summed E-state index contributed by atoms with van der Waals surface area (Å²) in [4.78, 5) is 0. The summed E-state index contributed by atoms with van der Waals surface area (Å²) in [5, 5.41) is 3.74. The molecule has 4 rings (SSSR count). The number of nitrogens with one attached hydrogen (secondary N) is 1. The molecule has 0 aromatic heterocycles. The van der Waals surface area contributed by atoms with Crippen LogP contribution < -0.4 is 5.32 Å². The van der Waals surface area contributed by atoms with Crippen LogP contribution in [0.4, 0.5) is 10.1 Å². The summed E-state index contributed by atoms with van der Waals surface area (Å²) in [5.74, 6) is 0.803. The van der Waals surface area contributed by atoms with Gasteiger partial charge in [-0.1, -0.05) is 42.0 Å². The van der Waals surface area contributed by atoms with Gasteiger partial charge in [0.2, 0.25) is 0 Å². The van der Waals surface area contributed by atoms with E-state index in [4.69, 9.17) is 0 Å². The topological polar surface area (TPSA) is 12.0 Å². The summed E-state index contributed by atoms with van der Waals surface area (Å²) in [6.07, 6.45) is 5.71. The number of aryl methyl sites for hydroxylation is 2. The fourth-order valence-electron chi connectivity index (χ4n) is 4.07. The van der Waals surface area contributed by atoms with Gasteiger partial charge in [-0.05, 0) is 55.0 Å². The molecule has 22 heavy (non-hydrogen) atoms. The zero-order valence-electron chi connectivity index (χ0n) is 12.9. The van der Waals surface area contributed by atoms with Gasteiger partial charge < -0.3 is 5.32 Å². The lowest BCUT2D eigenvalue weighted by molar-refractivity contribution is 0.424.